The summed E-state index contributed by atoms with van der Waals surface area (Å²) in [5.41, 5.74) is 0. The summed E-state index contributed by atoms with van der Waals surface area (Å²) in [6.07, 6.45) is 25.5. The van der Waals surface area contributed by atoms with Gasteiger partial charge in [0.05, 0.1) is 12.6 Å². The molecule has 2 amide bonds. The van der Waals surface area contributed by atoms with Crippen LogP contribution in [0.1, 0.15) is 149 Å². The van der Waals surface area contributed by atoms with Gasteiger partial charge < -0.3 is 20.6 Å². The largest absolute Gasteiger partial charge is 0.392 e. The number of hydrogen-bond donors (Lipinski definition) is 3. The first kappa shape index (κ1) is 33.9. The van der Waals surface area contributed by atoms with E-state index in [1.54, 1.807) is 0 Å². The maximum Gasteiger partial charge on any atom is 0.243 e. The van der Waals surface area contributed by atoms with Gasteiger partial charge in [-0.05, 0) is 45.2 Å². The monoisotopic (exact) mass is 523 g/mol. The molecule has 37 heavy (non-hydrogen) atoms. The highest BCUT2D eigenvalue weighted by Gasteiger charge is 2.25. The number of nitrogens with one attached hydrogen (secondary N) is 2. The molecule has 0 aromatic heterocycles. The van der Waals surface area contributed by atoms with Gasteiger partial charge in [0.25, 0.3) is 0 Å². The van der Waals surface area contributed by atoms with Crippen molar-refractivity contribution in [2.75, 3.05) is 26.2 Å². The first-order valence-corrected chi connectivity index (χ1v) is 16.0. The summed E-state index contributed by atoms with van der Waals surface area (Å²) in [7, 11) is 0. The van der Waals surface area contributed by atoms with Gasteiger partial charge in [0.1, 0.15) is 6.04 Å². The van der Waals surface area contributed by atoms with Gasteiger partial charge in [-0.3, -0.25) is 9.59 Å². The van der Waals surface area contributed by atoms with Crippen molar-refractivity contribution in [3.63, 3.8) is 0 Å². The molecule has 1 fully saturated rings. The van der Waals surface area contributed by atoms with Crippen LogP contribution >= 0.6 is 0 Å². The molecule has 3 N–H and O–H groups in total. The molecule has 0 aromatic carbocycles. The molecule has 0 radical (unpaired) electrons. The van der Waals surface area contributed by atoms with Crippen molar-refractivity contribution in [1.29, 1.82) is 0 Å². The third-order valence-corrected chi connectivity index (χ3v) is 7.73. The van der Waals surface area contributed by atoms with E-state index in [0.717, 1.165) is 45.3 Å². The molecule has 1 rings (SSSR count). The average Bonchev–Trinajstić information content (AvgIpc) is 2.88. The van der Waals surface area contributed by atoms with E-state index < -0.39 is 0 Å². The minimum atomic E-state index is -0.389. The fourth-order valence-corrected chi connectivity index (χ4v) is 5.33. The molecule has 1 saturated heterocycles. The van der Waals surface area contributed by atoms with Gasteiger partial charge in [-0.15, -0.1) is 0 Å². The predicted octanol–water partition coefficient (Wildman–Crippen LogP) is 6.50. The van der Waals surface area contributed by atoms with Crippen LogP contribution in [-0.4, -0.2) is 60.1 Å². The number of rotatable bonds is 26. The van der Waals surface area contributed by atoms with E-state index in [1.165, 1.54) is 103 Å². The Morgan fingerprint density at radius 1 is 0.730 bits per heavy atom. The second kappa shape index (κ2) is 23.9. The number of hydrogen-bond acceptors (Lipinski definition) is 4. The van der Waals surface area contributed by atoms with Crippen molar-refractivity contribution in [1.82, 2.24) is 15.5 Å². The maximum absolute atomic E-state index is 12.0. The minimum absolute atomic E-state index is 0.0630. The normalized spacial score (nSPS) is 16.7. The van der Waals surface area contributed by atoms with Gasteiger partial charge in [-0.1, -0.05) is 117 Å². The van der Waals surface area contributed by atoms with E-state index in [9.17, 15) is 14.7 Å². The Labute approximate surface area is 229 Å². The van der Waals surface area contributed by atoms with Gasteiger partial charge in [-0.25, -0.2) is 0 Å². The average molecular weight is 524 g/mol. The second-order valence-corrected chi connectivity index (χ2v) is 11.4. The molecule has 1 heterocycles. The smallest absolute Gasteiger partial charge is 0.243 e. The van der Waals surface area contributed by atoms with Gasteiger partial charge in [0.15, 0.2) is 0 Å². The van der Waals surface area contributed by atoms with E-state index in [1.807, 2.05) is 0 Å². The van der Waals surface area contributed by atoms with Gasteiger partial charge in [-0.2, -0.15) is 0 Å². The Bertz CT molecular complexity index is 558. The van der Waals surface area contributed by atoms with Crippen molar-refractivity contribution in [3.05, 3.63) is 0 Å². The van der Waals surface area contributed by atoms with Crippen LogP contribution in [-0.2, 0) is 9.59 Å². The predicted molar refractivity (Wildman–Crippen MR) is 156 cm³/mol. The fourth-order valence-electron chi connectivity index (χ4n) is 5.33. The number of aliphatic hydroxyl groups is 1. The summed E-state index contributed by atoms with van der Waals surface area (Å²) in [5, 5.41) is 16.2. The van der Waals surface area contributed by atoms with Crippen LogP contribution < -0.4 is 10.6 Å². The number of amides is 2. The molecule has 6 heteroatoms. The van der Waals surface area contributed by atoms with Crippen LogP contribution in [0, 0.1) is 0 Å². The summed E-state index contributed by atoms with van der Waals surface area (Å²) < 4.78 is 0. The lowest BCUT2D eigenvalue weighted by molar-refractivity contribution is -0.133. The molecule has 0 aromatic rings. The quantitative estimate of drug-likeness (QED) is 0.113. The molecule has 2 unspecified atom stereocenters. The van der Waals surface area contributed by atoms with Crippen LogP contribution in [0.5, 0.6) is 0 Å². The van der Waals surface area contributed by atoms with Crippen LogP contribution in [0.3, 0.4) is 0 Å². The summed E-state index contributed by atoms with van der Waals surface area (Å²) in [6, 6.07) is -0.389. The van der Waals surface area contributed by atoms with Gasteiger partial charge >= 0.3 is 0 Å². The highest BCUT2D eigenvalue weighted by Crippen LogP contribution is 2.14. The summed E-state index contributed by atoms with van der Waals surface area (Å²) in [6.45, 7) is 7.38. The first-order valence-electron chi connectivity index (χ1n) is 16.0. The molecule has 6 nitrogen and oxygen atoms in total. The SMILES string of the molecule is CCCCCCCCCCCN(CCCCC1NC(=O)CNC1=O)CC(O)CCCCCCCCCC. The standard InChI is InChI=1S/C31H61N3O3/c1-3-5-7-9-11-13-15-17-20-24-34(25-21-19-23-29-31(37)32-26-30(36)33-29)27-28(35)22-18-16-14-12-10-8-6-4-2/h28-29,35H,3-27H2,1-2H3,(H,32,37)(H,33,36). The van der Waals surface area contributed by atoms with E-state index in [2.05, 4.69) is 29.4 Å². The molecule has 1 aliphatic heterocycles. The zero-order valence-electron chi connectivity index (χ0n) is 24.5. The van der Waals surface area contributed by atoms with E-state index >= 15 is 0 Å². The molecule has 2 atom stereocenters. The Morgan fingerprint density at radius 3 is 1.78 bits per heavy atom. The zero-order valence-corrected chi connectivity index (χ0v) is 24.5. The summed E-state index contributed by atoms with van der Waals surface area (Å²) in [4.78, 5) is 26.0. The molecule has 218 valence electrons. The van der Waals surface area contributed by atoms with Crippen molar-refractivity contribution < 1.29 is 14.7 Å². The minimum Gasteiger partial charge on any atom is -0.392 e. The van der Waals surface area contributed by atoms with Crippen LogP contribution in [0.15, 0.2) is 0 Å². The Balaban J connectivity index is 2.27. The highest BCUT2D eigenvalue weighted by molar-refractivity contribution is 5.94. The highest BCUT2D eigenvalue weighted by atomic mass is 16.3. The number of piperazine rings is 1. The Kier molecular flexibility index (Phi) is 21.9. The number of carbonyl (C=O) groups excluding carboxylic acids is 2. The fraction of sp³-hybridized carbons (Fsp3) is 0.935. The molecule has 0 bridgehead atoms. The Morgan fingerprint density at radius 2 is 1.22 bits per heavy atom. The number of aliphatic hydroxyl groups excluding tert-OH is 1. The molecule has 0 aliphatic carbocycles. The molecule has 0 spiro atoms. The first-order chi connectivity index (χ1) is 18.1. The number of carbonyl (C=O) groups is 2. The lowest BCUT2D eigenvalue weighted by Crippen LogP contribution is -2.56. The van der Waals surface area contributed by atoms with Crippen LogP contribution in [0.4, 0.5) is 0 Å². The Hall–Kier alpha value is -1.14. The number of nitrogens with zero attached hydrogens (tertiary/aromatic N) is 1. The van der Waals surface area contributed by atoms with Gasteiger partial charge in [0.2, 0.25) is 11.8 Å². The van der Waals surface area contributed by atoms with Gasteiger partial charge in [0, 0.05) is 6.54 Å². The third-order valence-electron chi connectivity index (χ3n) is 7.73. The van der Waals surface area contributed by atoms with Crippen molar-refractivity contribution in [2.45, 2.75) is 161 Å². The molecular formula is C31H61N3O3. The maximum atomic E-state index is 12.0. The third kappa shape index (κ3) is 19.6. The van der Waals surface area contributed by atoms with E-state index in [4.69, 9.17) is 0 Å². The van der Waals surface area contributed by atoms with Crippen molar-refractivity contribution in [2.24, 2.45) is 0 Å². The van der Waals surface area contributed by atoms with Crippen molar-refractivity contribution in [3.8, 4) is 0 Å². The summed E-state index contributed by atoms with van der Waals surface area (Å²) >= 11 is 0. The van der Waals surface area contributed by atoms with Crippen LogP contribution in [0.2, 0.25) is 0 Å². The molecule has 0 saturated carbocycles. The number of unbranched alkanes of at least 4 members (excludes halogenated alkanes) is 16. The topological polar surface area (TPSA) is 81.7 Å². The lowest BCUT2D eigenvalue weighted by Gasteiger charge is -2.26. The summed E-state index contributed by atoms with van der Waals surface area (Å²) in [5.74, 6) is -0.160. The van der Waals surface area contributed by atoms with Crippen LogP contribution in [0.25, 0.3) is 0 Å². The van der Waals surface area contributed by atoms with Crippen molar-refractivity contribution >= 4 is 11.8 Å². The zero-order chi connectivity index (χ0) is 27.0. The molecule has 1 aliphatic rings. The second-order valence-electron chi connectivity index (χ2n) is 11.4. The van der Waals surface area contributed by atoms with E-state index in [0.29, 0.717) is 6.42 Å². The van der Waals surface area contributed by atoms with E-state index in [-0.39, 0.29) is 30.5 Å². The lowest BCUT2D eigenvalue weighted by atomic mass is 10.0. The molecular weight excluding hydrogens is 462 g/mol.